The Labute approximate surface area is 284 Å². The number of nitrogens with one attached hydrogen (secondary N) is 2. The zero-order valence-corrected chi connectivity index (χ0v) is 27.5. The summed E-state index contributed by atoms with van der Waals surface area (Å²) < 4.78 is 8.19. The van der Waals surface area contributed by atoms with Crippen LogP contribution in [0.3, 0.4) is 0 Å². The number of carbonyl (C=O) groups excluding carboxylic acids is 3. The number of thioether (sulfide) groups is 1. The van der Waals surface area contributed by atoms with Crippen LogP contribution in [0.1, 0.15) is 12.6 Å². The van der Waals surface area contributed by atoms with Crippen LogP contribution in [0.15, 0.2) is 47.0 Å². The Morgan fingerprint density at radius 2 is 2.06 bits per heavy atom. The van der Waals surface area contributed by atoms with Gasteiger partial charge >= 0.3 is 18.0 Å². The summed E-state index contributed by atoms with van der Waals surface area (Å²) in [5.74, 6) is -4.05. The summed E-state index contributed by atoms with van der Waals surface area (Å²) in [4.78, 5) is 76.8. The number of rotatable bonds is 13. The second kappa shape index (κ2) is 14.5. The summed E-state index contributed by atoms with van der Waals surface area (Å²) in [6.07, 6.45) is 1.46. The number of aromatic nitrogens is 3. The number of hydrogen-bond acceptors (Lipinski definition) is 13. The number of thiazole rings is 1. The van der Waals surface area contributed by atoms with Crippen molar-refractivity contribution in [1.82, 2.24) is 25.2 Å². The van der Waals surface area contributed by atoms with Crippen molar-refractivity contribution >= 4 is 86.4 Å². The van der Waals surface area contributed by atoms with Crippen LogP contribution in [0.25, 0.3) is 11.0 Å². The van der Waals surface area contributed by atoms with Gasteiger partial charge in [0.25, 0.3) is 11.8 Å². The number of hydrogen-bond donors (Lipinski definition) is 5. The molecular weight excluding hydrogens is 696 g/mol. The monoisotopic (exact) mass is 723 g/mol. The average molecular weight is 724 g/mol. The number of anilines is 1. The highest BCUT2D eigenvalue weighted by Gasteiger charge is 2.55. The number of carboxylic acids is 2. The summed E-state index contributed by atoms with van der Waals surface area (Å²) in [5.41, 5.74) is 9.05. The number of β-lactam (4-membered cyclic amide) rings is 1. The molecule has 0 saturated carbocycles. The van der Waals surface area contributed by atoms with Crippen LogP contribution in [-0.2, 0) is 46.7 Å². The maximum absolute atomic E-state index is 13.4. The molecule has 18 nitrogen and oxygen atoms in total. The second-order valence-electron chi connectivity index (χ2n) is 10.2. The van der Waals surface area contributed by atoms with Crippen molar-refractivity contribution in [3.05, 3.63) is 51.9 Å². The van der Waals surface area contributed by atoms with Gasteiger partial charge in [-0.3, -0.25) is 19.3 Å². The maximum Gasteiger partial charge on any atom is 0.431 e. The van der Waals surface area contributed by atoms with E-state index in [4.69, 9.17) is 32.1 Å². The number of carboxylic acid groups (broad SMARTS) is 2. The first-order valence-corrected chi connectivity index (χ1v) is 16.2. The molecule has 2 aliphatic rings. The zero-order chi connectivity index (χ0) is 34.7. The molecule has 254 valence electrons. The van der Waals surface area contributed by atoms with Crippen LogP contribution in [0.2, 0.25) is 4.34 Å². The Bertz CT molecular complexity index is 1860. The third kappa shape index (κ3) is 7.00. The van der Waals surface area contributed by atoms with Gasteiger partial charge in [0.15, 0.2) is 23.6 Å². The number of nitrogens with two attached hydrogens (primary N) is 1. The van der Waals surface area contributed by atoms with Gasteiger partial charge in [0.2, 0.25) is 11.6 Å². The molecule has 3 amide bonds. The highest BCUT2D eigenvalue weighted by molar-refractivity contribution is 8.00. The molecule has 3 aromatic rings. The van der Waals surface area contributed by atoms with Gasteiger partial charge in [0.05, 0.1) is 13.7 Å². The number of nitrogens with zero attached hydrogens (tertiary/aromatic N) is 5. The molecule has 2 aliphatic heterocycles. The van der Waals surface area contributed by atoms with E-state index in [1.54, 1.807) is 12.3 Å². The van der Waals surface area contributed by atoms with E-state index in [1.807, 2.05) is 27.5 Å². The lowest BCUT2D eigenvalue weighted by atomic mass is 10.0. The summed E-state index contributed by atoms with van der Waals surface area (Å²) >= 11 is 8.28. The normalized spacial score (nSPS) is 18.2. The molecule has 6 N–H and O–H groups in total. The van der Waals surface area contributed by atoms with Crippen molar-refractivity contribution in [2.75, 3.05) is 25.2 Å². The first-order valence-electron chi connectivity index (χ1n) is 13.9. The minimum Gasteiger partial charge on any atom is -0.478 e. The molecule has 1 saturated heterocycles. The van der Waals surface area contributed by atoms with Gasteiger partial charge in [-0.15, -0.1) is 11.8 Å². The molecule has 5 rings (SSSR count). The predicted octanol–water partition coefficient (Wildman–Crippen LogP) is 0.541. The van der Waals surface area contributed by atoms with E-state index in [9.17, 15) is 29.1 Å². The van der Waals surface area contributed by atoms with Gasteiger partial charge in [-0.25, -0.2) is 19.4 Å². The van der Waals surface area contributed by atoms with Gasteiger partial charge in [-0.1, -0.05) is 28.1 Å². The number of nitrogen functional groups attached to an aromatic ring is 1. The summed E-state index contributed by atoms with van der Waals surface area (Å²) in [6, 6.07) is 4.39. The van der Waals surface area contributed by atoms with Crippen LogP contribution in [-0.4, -0.2) is 97.2 Å². The molecule has 1 fully saturated rings. The van der Waals surface area contributed by atoms with Crippen molar-refractivity contribution in [3.63, 3.8) is 0 Å². The molecule has 0 bridgehead atoms. The first-order chi connectivity index (χ1) is 22.9. The van der Waals surface area contributed by atoms with E-state index < -0.39 is 53.1 Å². The van der Waals surface area contributed by atoms with Crippen molar-refractivity contribution in [2.45, 2.75) is 37.5 Å². The molecular formula is C27H28ClN8O10S2+. The molecule has 5 heterocycles. The van der Waals surface area contributed by atoms with Crippen LogP contribution in [0.4, 0.5) is 9.93 Å². The Balaban J connectivity index is 1.33. The quantitative estimate of drug-likeness (QED) is 0.0533. The topological polar surface area (TPSA) is 241 Å². The standard InChI is InChI=1S/C27H27ClN8O10S2/c1-12(24(39)40)46-32-17(16-20(28)48-26(29)31-16)21(37)30-18-22(38)36-19(25(41)42)13(11-47-23(18)36)10-35-6-3-4-14-15(35)5-7-34(14)8-9-45-33-27(43)44-2/h3-7,12,18,23H,8-11H2,1-2H3,(H5-,29,30,31,33,37,39,40,41,42,43)/p+1/b32-17-/t12-,18+,23+/m0/s1. The molecule has 3 atom stereocenters. The fourth-order valence-electron chi connectivity index (χ4n) is 4.90. The Morgan fingerprint density at radius 1 is 1.29 bits per heavy atom. The van der Waals surface area contributed by atoms with Crippen LogP contribution in [0, 0.1) is 0 Å². The number of aliphatic carboxylic acids is 2. The highest BCUT2D eigenvalue weighted by atomic mass is 35.5. The van der Waals surface area contributed by atoms with Crippen LogP contribution in [0.5, 0.6) is 0 Å². The molecule has 48 heavy (non-hydrogen) atoms. The SMILES string of the molecule is COC(=O)NOCCn1ccc2c1ccc[n+]2CC1=C(C(=O)O)N2C(=O)[C@@H](NC(=O)/C(=N\O[C@@H](C)C(=O)O)c3nc(N)sc3Cl)[C@H]2SC1. The summed E-state index contributed by atoms with van der Waals surface area (Å²) in [6.45, 7) is 1.90. The third-order valence-corrected chi connectivity index (χ3v) is 9.60. The van der Waals surface area contributed by atoms with Crippen molar-refractivity contribution in [3.8, 4) is 0 Å². The molecule has 3 aromatic heterocycles. The van der Waals surface area contributed by atoms with Crippen molar-refractivity contribution in [1.29, 1.82) is 0 Å². The van der Waals surface area contributed by atoms with E-state index in [2.05, 4.69) is 25.7 Å². The molecule has 0 unspecified atom stereocenters. The van der Waals surface area contributed by atoms with Gasteiger partial charge in [-0.2, -0.15) is 10.0 Å². The molecule has 0 aliphatic carbocycles. The van der Waals surface area contributed by atoms with Gasteiger partial charge in [-0.05, 0) is 13.0 Å². The molecule has 0 spiro atoms. The lowest BCUT2D eigenvalue weighted by Crippen LogP contribution is -2.71. The van der Waals surface area contributed by atoms with Crippen molar-refractivity contribution < 1.29 is 53.2 Å². The fourth-order valence-corrected chi connectivity index (χ4v) is 7.16. The summed E-state index contributed by atoms with van der Waals surface area (Å²) in [7, 11) is 1.22. The number of fused-ring (bicyclic) bond motifs is 2. The van der Waals surface area contributed by atoms with Crippen LogP contribution < -0.4 is 21.1 Å². The number of methoxy groups -OCH3 is 1. The number of hydroxylamine groups is 1. The third-order valence-electron chi connectivity index (χ3n) is 7.18. The molecule has 21 heteroatoms. The molecule has 0 radical (unpaired) electrons. The van der Waals surface area contributed by atoms with Crippen molar-refractivity contribution in [2.24, 2.45) is 5.16 Å². The zero-order valence-electron chi connectivity index (χ0n) is 25.1. The lowest BCUT2D eigenvalue weighted by molar-refractivity contribution is -0.663. The second-order valence-corrected chi connectivity index (χ2v) is 12.9. The lowest BCUT2D eigenvalue weighted by Gasteiger charge is -2.49. The fraction of sp³-hybridized carbons (Fsp3) is 0.333. The highest BCUT2D eigenvalue weighted by Crippen LogP contribution is 2.40. The Kier molecular flexibility index (Phi) is 10.4. The van der Waals surface area contributed by atoms with E-state index in [-0.39, 0.29) is 39.8 Å². The Hall–Kier alpha value is -4.92. The number of ether oxygens (including phenoxy) is 1. The number of pyridine rings is 1. The van der Waals surface area contributed by atoms with Gasteiger partial charge in [0.1, 0.15) is 32.7 Å². The Morgan fingerprint density at radius 3 is 2.73 bits per heavy atom. The summed E-state index contributed by atoms with van der Waals surface area (Å²) in [5, 5.41) is 24.8. The minimum atomic E-state index is -1.43. The average Bonchev–Trinajstić information content (AvgIpc) is 3.63. The number of amides is 3. The van der Waals surface area contributed by atoms with Gasteiger partial charge in [0, 0.05) is 36.2 Å². The first kappa shape index (κ1) is 34.4. The van der Waals surface area contributed by atoms with Gasteiger partial charge < -0.3 is 35.4 Å². The number of oxime groups is 1. The van der Waals surface area contributed by atoms with E-state index in [0.717, 1.165) is 27.3 Å². The smallest absolute Gasteiger partial charge is 0.431 e. The number of halogens is 1. The van der Waals surface area contributed by atoms with Crippen LogP contribution >= 0.6 is 34.7 Å². The maximum atomic E-state index is 13.4. The van der Waals surface area contributed by atoms with E-state index >= 15 is 0 Å². The number of carbonyl (C=O) groups is 5. The minimum absolute atomic E-state index is 0.00589. The van der Waals surface area contributed by atoms with E-state index in [1.165, 1.54) is 25.8 Å². The predicted molar refractivity (Wildman–Crippen MR) is 170 cm³/mol. The van der Waals surface area contributed by atoms with E-state index in [0.29, 0.717) is 12.1 Å². The molecule has 0 aromatic carbocycles. The largest absolute Gasteiger partial charge is 0.478 e.